The monoisotopic (exact) mass is 215 g/mol. The summed E-state index contributed by atoms with van der Waals surface area (Å²) in [6.45, 7) is 4.27. The highest BCUT2D eigenvalue weighted by Crippen LogP contribution is 2.11. The van der Waals surface area contributed by atoms with E-state index in [9.17, 15) is 9.59 Å². The zero-order valence-electron chi connectivity index (χ0n) is 9.12. The number of amides is 1. The SMILES string of the molecule is CCOC(=O)[C@H](C)NC(=O)C1CCCO1. The first-order valence-electron chi connectivity index (χ1n) is 5.23. The second kappa shape index (κ2) is 5.70. The largest absolute Gasteiger partial charge is 0.464 e. The van der Waals surface area contributed by atoms with Gasteiger partial charge in [0, 0.05) is 6.61 Å². The van der Waals surface area contributed by atoms with Gasteiger partial charge < -0.3 is 14.8 Å². The molecule has 0 aromatic carbocycles. The smallest absolute Gasteiger partial charge is 0.328 e. The van der Waals surface area contributed by atoms with Gasteiger partial charge in [-0.3, -0.25) is 4.79 Å². The van der Waals surface area contributed by atoms with Crippen LogP contribution in [0.2, 0.25) is 0 Å². The average molecular weight is 215 g/mol. The number of hydrogen-bond donors (Lipinski definition) is 1. The molecule has 1 aliphatic rings. The van der Waals surface area contributed by atoms with Gasteiger partial charge in [0.2, 0.25) is 5.91 Å². The van der Waals surface area contributed by atoms with Crippen molar-refractivity contribution in [1.29, 1.82) is 0 Å². The van der Waals surface area contributed by atoms with Crippen LogP contribution in [0.5, 0.6) is 0 Å². The normalized spacial score (nSPS) is 22.1. The van der Waals surface area contributed by atoms with Crippen LogP contribution in [0, 0.1) is 0 Å². The topological polar surface area (TPSA) is 64.6 Å². The molecule has 1 aliphatic heterocycles. The fraction of sp³-hybridized carbons (Fsp3) is 0.800. The highest BCUT2D eigenvalue weighted by atomic mass is 16.5. The van der Waals surface area contributed by atoms with Gasteiger partial charge in [0.05, 0.1) is 6.61 Å². The maximum atomic E-state index is 11.5. The fourth-order valence-corrected chi connectivity index (χ4v) is 1.42. The summed E-state index contributed by atoms with van der Waals surface area (Å²) in [7, 11) is 0. The lowest BCUT2D eigenvalue weighted by Crippen LogP contribution is -2.44. The van der Waals surface area contributed by atoms with Crippen molar-refractivity contribution in [3.63, 3.8) is 0 Å². The third-order valence-electron chi connectivity index (χ3n) is 2.22. The van der Waals surface area contributed by atoms with Gasteiger partial charge in [-0.2, -0.15) is 0 Å². The molecule has 2 atom stereocenters. The lowest BCUT2D eigenvalue weighted by atomic mass is 10.2. The summed E-state index contributed by atoms with van der Waals surface area (Å²) in [6.07, 6.45) is 1.22. The molecule has 86 valence electrons. The van der Waals surface area contributed by atoms with Gasteiger partial charge in [0.1, 0.15) is 12.1 Å². The Bertz CT molecular complexity index is 236. The minimum absolute atomic E-state index is 0.229. The van der Waals surface area contributed by atoms with Crippen molar-refractivity contribution in [2.45, 2.75) is 38.8 Å². The van der Waals surface area contributed by atoms with E-state index < -0.39 is 18.1 Å². The molecule has 0 bridgehead atoms. The van der Waals surface area contributed by atoms with E-state index in [1.165, 1.54) is 0 Å². The van der Waals surface area contributed by atoms with Gasteiger partial charge in [-0.25, -0.2) is 4.79 Å². The third-order valence-corrected chi connectivity index (χ3v) is 2.22. The average Bonchev–Trinajstić information content (AvgIpc) is 2.70. The molecule has 0 aliphatic carbocycles. The third kappa shape index (κ3) is 3.51. The Labute approximate surface area is 89.1 Å². The Hall–Kier alpha value is -1.10. The predicted octanol–water partition coefficient (Wildman–Crippen LogP) is 0.233. The lowest BCUT2D eigenvalue weighted by Gasteiger charge is -2.15. The summed E-state index contributed by atoms with van der Waals surface area (Å²) in [5.41, 5.74) is 0. The molecule has 1 rings (SSSR count). The summed E-state index contributed by atoms with van der Waals surface area (Å²) < 4.78 is 9.96. The van der Waals surface area contributed by atoms with Crippen molar-refractivity contribution in [3.8, 4) is 0 Å². The van der Waals surface area contributed by atoms with Crippen LogP contribution in [-0.4, -0.2) is 37.2 Å². The van der Waals surface area contributed by atoms with Crippen molar-refractivity contribution >= 4 is 11.9 Å². The maximum absolute atomic E-state index is 11.5. The maximum Gasteiger partial charge on any atom is 0.328 e. The molecule has 15 heavy (non-hydrogen) atoms. The summed E-state index contributed by atoms with van der Waals surface area (Å²) in [6, 6.07) is -0.610. The van der Waals surface area contributed by atoms with E-state index in [-0.39, 0.29) is 5.91 Å². The number of hydrogen-bond acceptors (Lipinski definition) is 4. The highest BCUT2D eigenvalue weighted by Gasteiger charge is 2.26. The molecule has 0 aromatic rings. The van der Waals surface area contributed by atoms with Crippen molar-refractivity contribution in [2.24, 2.45) is 0 Å². The highest BCUT2D eigenvalue weighted by molar-refractivity contribution is 5.86. The van der Waals surface area contributed by atoms with Crippen molar-refractivity contribution in [1.82, 2.24) is 5.32 Å². The molecule has 0 saturated carbocycles. The van der Waals surface area contributed by atoms with Crippen molar-refractivity contribution in [3.05, 3.63) is 0 Å². The fourth-order valence-electron chi connectivity index (χ4n) is 1.42. The quantitative estimate of drug-likeness (QED) is 0.682. The molecule has 5 nitrogen and oxygen atoms in total. The van der Waals surface area contributed by atoms with E-state index >= 15 is 0 Å². The Balaban J connectivity index is 2.33. The number of carbonyl (C=O) groups is 2. The predicted molar refractivity (Wildman–Crippen MR) is 53.2 cm³/mol. The second-order valence-corrected chi connectivity index (χ2v) is 3.48. The Morgan fingerprint density at radius 2 is 2.33 bits per heavy atom. The summed E-state index contributed by atoms with van der Waals surface area (Å²) in [5, 5.41) is 2.57. The molecule has 1 fully saturated rings. The van der Waals surface area contributed by atoms with Crippen LogP contribution in [-0.2, 0) is 19.1 Å². The van der Waals surface area contributed by atoms with Gasteiger partial charge >= 0.3 is 5.97 Å². The van der Waals surface area contributed by atoms with Crippen molar-refractivity contribution < 1.29 is 19.1 Å². The van der Waals surface area contributed by atoms with Gasteiger partial charge in [-0.05, 0) is 26.7 Å². The standard InChI is InChI=1S/C10H17NO4/c1-3-14-10(13)7(2)11-9(12)8-5-4-6-15-8/h7-8H,3-6H2,1-2H3,(H,11,12)/t7-,8?/m0/s1. The van der Waals surface area contributed by atoms with Gasteiger partial charge in [0.25, 0.3) is 0 Å². The van der Waals surface area contributed by atoms with Crippen LogP contribution < -0.4 is 5.32 Å². The lowest BCUT2D eigenvalue weighted by molar-refractivity contribution is -0.148. The Kier molecular flexibility index (Phi) is 4.55. The first kappa shape index (κ1) is 12.0. The van der Waals surface area contributed by atoms with Crippen LogP contribution in [0.15, 0.2) is 0 Å². The van der Waals surface area contributed by atoms with Gasteiger partial charge in [-0.1, -0.05) is 0 Å². The molecular formula is C10H17NO4. The van der Waals surface area contributed by atoms with E-state index in [4.69, 9.17) is 9.47 Å². The molecule has 1 saturated heterocycles. The Morgan fingerprint density at radius 3 is 2.87 bits per heavy atom. The minimum atomic E-state index is -0.610. The van der Waals surface area contributed by atoms with Crippen LogP contribution in [0.25, 0.3) is 0 Å². The zero-order chi connectivity index (χ0) is 11.3. The van der Waals surface area contributed by atoms with Gasteiger partial charge in [-0.15, -0.1) is 0 Å². The van der Waals surface area contributed by atoms with E-state index in [2.05, 4.69) is 5.32 Å². The number of ether oxygens (including phenoxy) is 2. The van der Waals surface area contributed by atoms with Crippen LogP contribution in [0.4, 0.5) is 0 Å². The van der Waals surface area contributed by atoms with E-state index in [1.54, 1.807) is 13.8 Å². The minimum Gasteiger partial charge on any atom is -0.464 e. The van der Waals surface area contributed by atoms with Crippen LogP contribution in [0.1, 0.15) is 26.7 Å². The molecule has 1 N–H and O–H groups in total. The number of esters is 1. The molecule has 1 heterocycles. The summed E-state index contributed by atoms with van der Waals surface area (Å²) >= 11 is 0. The second-order valence-electron chi connectivity index (χ2n) is 3.48. The van der Waals surface area contributed by atoms with Crippen LogP contribution in [0.3, 0.4) is 0 Å². The summed E-state index contributed by atoms with van der Waals surface area (Å²) in [5.74, 6) is -0.642. The van der Waals surface area contributed by atoms with Crippen LogP contribution >= 0.6 is 0 Å². The van der Waals surface area contributed by atoms with E-state index in [0.29, 0.717) is 13.2 Å². The molecule has 1 unspecified atom stereocenters. The molecular weight excluding hydrogens is 198 g/mol. The molecule has 0 spiro atoms. The van der Waals surface area contributed by atoms with Crippen molar-refractivity contribution in [2.75, 3.05) is 13.2 Å². The first-order chi connectivity index (χ1) is 7.15. The zero-order valence-corrected chi connectivity index (χ0v) is 9.12. The van der Waals surface area contributed by atoms with E-state index in [0.717, 1.165) is 12.8 Å². The number of rotatable bonds is 4. The van der Waals surface area contributed by atoms with E-state index in [1.807, 2.05) is 0 Å². The molecule has 0 radical (unpaired) electrons. The number of nitrogens with one attached hydrogen (secondary N) is 1. The molecule has 1 amide bonds. The van der Waals surface area contributed by atoms with Gasteiger partial charge in [0.15, 0.2) is 0 Å². The summed E-state index contributed by atoms with van der Waals surface area (Å²) in [4.78, 5) is 22.7. The molecule has 0 aromatic heterocycles. The first-order valence-corrected chi connectivity index (χ1v) is 5.23. The number of carbonyl (C=O) groups excluding carboxylic acids is 2. The Morgan fingerprint density at radius 1 is 1.60 bits per heavy atom. The molecule has 5 heteroatoms.